The molecule has 0 aliphatic carbocycles. The molecule has 0 amide bonds. The van der Waals surface area contributed by atoms with Crippen molar-refractivity contribution in [2.24, 2.45) is 0 Å². The van der Waals surface area contributed by atoms with Crippen LogP contribution in [0.4, 0.5) is 11.6 Å². The zero-order valence-corrected chi connectivity index (χ0v) is 19.3. The van der Waals surface area contributed by atoms with Crippen molar-refractivity contribution in [1.82, 2.24) is 4.98 Å². The van der Waals surface area contributed by atoms with Crippen LogP contribution in [0.15, 0.2) is 69.5 Å². The van der Waals surface area contributed by atoms with Gasteiger partial charge >= 0.3 is 0 Å². The van der Waals surface area contributed by atoms with Crippen LogP contribution < -0.4 is 14.5 Å². The van der Waals surface area contributed by atoms with Gasteiger partial charge in [0.2, 0.25) is 11.6 Å². The summed E-state index contributed by atoms with van der Waals surface area (Å²) in [6.07, 6.45) is 0. The normalized spacial score (nSPS) is 13.7. The maximum absolute atomic E-state index is 9.64. The summed E-state index contributed by atoms with van der Waals surface area (Å²) in [4.78, 5) is 8.78. The van der Waals surface area contributed by atoms with Crippen LogP contribution in [-0.4, -0.2) is 31.2 Å². The molecule has 5 rings (SSSR count). The van der Waals surface area contributed by atoms with Crippen LogP contribution in [0.5, 0.6) is 5.75 Å². The molecule has 172 valence electrons. The number of hydrogen-bond donors (Lipinski definition) is 0. The van der Waals surface area contributed by atoms with Gasteiger partial charge in [0.1, 0.15) is 24.2 Å². The Hall–Kier alpha value is -4.18. The van der Waals surface area contributed by atoms with Crippen molar-refractivity contribution in [3.63, 3.8) is 0 Å². The van der Waals surface area contributed by atoms with Crippen molar-refractivity contribution in [3.8, 4) is 23.5 Å². The summed E-state index contributed by atoms with van der Waals surface area (Å²) in [5.74, 6) is 2.72. The van der Waals surface area contributed by atoms with E-state index >= 15 is 0 Å². The lowest BCUT2D eigenvalue weighted by molar-refractivity contribution is 0.271. The number of rotatable bonds is 6. The number of furan rings is 1. The van der Waals surface area contributed by atoms with E-state index in [0.29, 0.717) is 29.9 Å². The number of para-hydroxylation sites is 1. The molecule has 0 atom stereocenters. The van der Waals surface area contributed by atoms with Gasteiger partial charge in [-0.3, -0.25) is 0 Å². The Morgan fingerprint density at radius 1 is 0.912 bits per heavy atom. The van der Waals surface area contributed by atoms with Crippen LogP contribution in [0.25, 0.3) is 11.7 Å². The highest BCUT2D eigenvalue weighted by atomic mass is 16.5. The summed E-state index contributed by atoms with van der Waals surface area (Å²) in [5, 5.41) is 9.64. The fourth-order valence-corrected chi connectivity index (χ4v) is 4.04. The smallest absolute Gasteiger partial charge is 0.266 e. The van der Waals surface area contributed by atoms with E-state index in [4.69, 9.17) is 13.6 Å². The summed E-state index contributed by atoms with van der Waals surface area (Å²) in [7, 11) is 0. The number of ether oxygens (including phenoxy) is 1. The van der Waals surface area contributed by atoms with Gasteiger partial charge in [-0.1, -0.05) is 24.3 Å². The second-order valence-corrected chi connectivity index (χ2v) is 8.39. The molecule has 0 unspecified atom stereocenters. The minimum atomic E-state index is 0.271. The lowest BCUT2D eigenvalue weighted by atomic mass is 10.1. The minimum absolute atomic E-state index is 0.271. The highest BCUT2D eigenvalue weighted by molar-refractivity contribution is 5.57. The molecule has 2 aromatic heterocycles. The zero-order chi connectivity index (χ0) is 23.5. The number of aryl methyl sites for hydroxylation is 2. The third-order valence-electron chi connectivity index (χ3n) is 6.14. The van der Waals surface area contributed by atoms with Gasteiger partial charge in [-0.05, 0) is 61.4 Å². The molecule has 0 radical (unpaired) electrons. The van der Waals surface area contributed by atoms with Crippen molar-refractivity contribution < 1.29 is 13.6 Å². The minimum Gasteiger partial charge on any atom is -0.486 e. The molecule has 1 aliphatic heterocycles. The van der Waals surface area contributed by atoms with E-state index in [1.165, 1.54) is 16.8 Å². The van der Waals surface area contributed by atoms with Crippen LogP contribution in [0, 0.1) is 25.2 Å². The van der Waals surface area contributed by atoms with Gasteiger partial charge in [0, 0.05) is 31.9 Å². The first-order chi connectivity index (χ1) is 16.6. The van der Waals surface area contributed by atoms with E-state index in [1.807, 2.05) is 42.5 Å². The van der Waals surface area contributed by atoms with Gasteiger partial charge in [-0.15, -0.1) is 0 Å². The third kappa shape index (κ3) is 4.48. The van der Waals surface area contributed by atoms with E-state index in [-0.39, 0.29) is 5.69 Å². The summed E-state index contributed by atoms with van der Waals surface area (Å²) in [5.41, 5.74) is 3.88. The van der Waals surface area contributed by atoms with E-state index in [0.717, 1.165) is 31.9 Å². The molecular weight excluding hydrogens is 428 g/mol. The number of aromatic nitrogens is 1. The molecule has 1 aliphatic rings. The average molecular weight is 455 g/mol. The number of nitriles is 1. The van der Waals surface area contributed by atoms with Crippen LogP contribution >= 0.6 is 0 Å². The lowest BCUT2D eigenvalue weighted by Gasteiger charge is -2.35. The summed E-state index contributed by atoms with van der Waals surface area (Å²) in [6, 6.07) is 22.1. The highest BCUT2D eigenvalue weighted by Gasteiger charge is 2.25. The third-order valence-corrected chi connectivity index (χ3v) is 6.14. The molecule has 7 nitrogen and oxygen atoms in total. The van der Waals surface area contributed by atoms with Crippen molar-refractivity contribution in [1.29, 1.82) is 5.26 Å². The molecule has 4 aromatic rings. The molecule has 2 aromatic carbocycles. The molecule has 1 fully saturated rings. The Morgan fingerprint density at radius 2 is 1.68 bits per heavy atom. The molecule has 7 heteroatoms. The van der Waals surface area contributed by atoms with Crippen molar-refractivity contribution in [2.75, 3.05) is 36.0 Å². The van der Waals surface area contributed by atoms with Crippen molar-refractivity contribution in [2.45, 2.75) is 20.5 Å². The van der Waals surface area contributed by atoms with E-state index in [1.54, 1.807) is 6.07 Å². The Labute approximate surface area is 198 Å². The monoisotopic (exact) mass is 454 g/mol. The largest absolute Gasteiger partial charge is 0.486 e. The quantitative estimate of drug-likeness (QED) is 0.390. The molecule has 3 heterocycles. The Balaban J connectivity index is 1.26. The predicted molar refractivity (Wildman–Crippen MR) is 130 cm³/mol. The van der Waals surface area contributed by atoms with Gasteiger partial charge in [-0.2, -0.15) is 10.2 Å². The van der Waals surface area contributed by atoms with Crippen molar-refractivity contribution >= 4 is 11.6 Å². The van der Waals surface area contributed by atoms with Gasteiger partial charge in [-0.25, -0.2) is 0 Å². The summed E-state index contributed by atoms with van der Waals surface area (Å²) >= 11 is 0. The molecule has 0 spiro atoms. The molecule has 0 N–H and O–H groups in total. The SMILES string of the molecule is Cc1ccc(OCc2ccc(-c3nc(C#N)c(N4CCN(c5ccccc5)CC4)o3)o2)cc1C. The van der Waals surface area contributed by atoms with E-state index in [2.05, 4.69) is 46.8 Å². The summed E-state index contributed by atoms with van der Waals surface area (Å²) in [6.45, 7) is 7.58. The van der Waals surface area contributed by atoms with E-state index in [9.17, 15) is 5.26 Å². The number of anilines is 2. The zero-order valence-electron chi connectivity index (χ0n) is 19.3. The van der Waals surface area contributed by atoms with Crippen LogP contribution in [0.2, 0.25) is 0 Å². The number of piperazine rings is 1. The highest BCUT2D eigenvalue weighted by Crippen LogP contribution is 2.31. The predicted octanol–water partition coefficient (Wildman–Crippen LogP) is 5.33. The first kappa shape index (κ1) is 21.7. The number of benzene rings is 2. The van der Waals surface area contributed by atoms with Gasteiger partial charge < -0.3 is 23.4 Å². The molecule has 34 heavy (non-hydrogen) atoms. The van der Waals surface area contributed by atoms with Gasteiger partial charge in [0.25, 0.3) is 5.89 Å². The topological polar surface area (TPSA) is 78.7 Å². The van der Waals surface area contributed by atoms with E-state index < -0.39 is 0 Å². The van der Waals surface area contributed by atoms with Gasteiger partial charge in [0.15, 0.2) is 5.76 Å². The first-order valence-electron chi connectivity index (χ1n) is 11.4. The number of hydrogen-bond acceptors (Lipinski definition) is 7. The van der Waals surface area contributed by atoms with Crippen LogP contribution in [0.3, 0.4) is 0 Å². The first-order valence-corrected chi connectivity index (χ1v) is 11.4. The average Bonchev–Trinajstić information content (AvgIpc) is 3.52. The second kappa shape index (κ2) is 9.36. The summed E-state index contributed by atoms with van der Waals surface area (Å²) < 4.78 is 17.8. The fourth-order valence-electron chi connectivity index (χ4n) is 4.04. The second-order valence-electron chi connectivity index (χ2n) is 8.39. The molecule has 0 bridgehead atoms. The standard InChI is InChI=1S/C27H26N4O3/c1-19-8-9-22(16-20(19)2)32-18-23-10-11-25(33-23)26-29-24(17-28)27(34-26)31-14-12-30(13-15-31)21-6-4-3-5-7-21/h3-11,16H,12-15,18H2,1-2H3. The Morgan fingerprint density at radius 3 is 2.41 bits per heavy atom. The van der Waals surface area contributed by atoms with Gasteiger partial charge in [0.05, 0.1) is 0 Å². The Bertz CT molecular complexity index is 1310. The number of oxazole rings is 1. The van der Waals surface area contributed by atoms with Crippen molar-refractivity contribution in [3.05, 3.63) is 83.2 Å². The Kier molecular flexibility index (Phi) is 5.96. The fraction of sp³-hybridized carbons (Fsp3) is 0.259. The van der Waals surface area contributed by atoms with Crippen LogP contribution in [0.1, 0.15) is 22.6 Å². The molecule has 0 saturated carbocycles. The maximum atomic E-state index is 9.64. The lowest BCUT2D eigenvalue weighted by Crippen LogP contribution is -2.46. The maximum Gasteiger partial charge on any atom is 0.266 e. The van der Waals surface area contributed by atoms with Crippen LogP contribution in [-0.2, 0) is 6.61 Å². The number of nitrogens with zero attached hydrogens (tertiary/aromatic N) is 4. The molecule has 1 saturated heterocycles. The molecular formula is C27H26N4O3.